The van der Waals surface area contributed by atoms with Gasteiger partial charge in [-0.05, 0) is 49.2 Å². The van der Waals surface area contributed by atoms with Crippen LogP contribution in [0, 0.1) is 0 Å². The van der Waals surface area contributed by atoms with Crippen molar-refractivity contribution >= 4 is 10.9 Å². The van der Waals surface area contributed by atoms with E-state index in [1.165, 1.54) is 16.5 Å². The van der Waals surface area contributed by atoms with E-state index >= 15 is 0 Å². The maximum absolute atomic E-state index is 12.7. The first-order chi connectivity index (χ1) is 15.2. The van der Waals surface area contributed by atoms with E-state index in [4.69, 9.17) is 9.72 Å². The number of benzene rings is 1. The largest absolute Gasteiger partial charge is 0.497 e. The van der Waals surface area contributed by atoms with Crippen LogP contribution in [0.1, 0.15) is 23.7 Å². The number of hydrogen-bond acceptors (Lipinski definition) is 5. The summed E-state index contributed by atoms with van der Waals surface area (Å²) in [5.41, 5.74) is 4.89. The second-order valence-corrected chi connectivity index (χ2v) is 7.87. The minimum atomic E-state index is -0.0455. The first kappa shape index (κ1) is 19.5. The van der Waals surface area contributed by atoms with Gasteiger partial charge in [0, 0.05) is 66.8 Å². The molecule has 31 heavy (non-hydrogen) atoms. The van der Waals surface area contributed by atoms with E-state index in [-0.39, 0.29) is 5.56 Å². The summed E-state index contributed by atoms with van der Waals surface area (Å²) in [7, 11) is 1.70. The topological polar surface area (TPSA) is 76.0 Å². The van der Waals surface area contributed by atoms with Crippen LogP contribution in [0.25, 0.3) is 22.3 Å². The van der Waals surface area contributed by atoms with Crippen molar-refractivity contribution < 1.29 is 4.74 Å². The molecule has 4 heterocycles. The van der Waals surface area contributed by atoms with E-state index in [0.29, 0.717) is 18.8 Å². The highest BCUT2D eigenvalue weighted by molar-refractivity contribution is 5.85. The third-order valence-electron chi connectivity index (χ3n) is 5.99. The zero-order valence-corrected chi connectivity index (χ0v) is 17.8. The number of fused-ring (bicyclic) bond motifs is 2. The Kier molecular flexibility index (Phi) is 5.03. The van der Waals surface area contributed by atoms with Gasteiger partial charge in [-0.2, -0.15) is 0 Å². The molecule has 1 N–H and O–H groups in total. The lowest BCUT2D eigenvalue weighted by Crippen LogP contribution is -2.35. The number of methoxy groups -OCH3 is 1. The average molecular weight is 415 g/mol. The normalized spacial score (nSPS) is 14.0. The van der Waals surface area contributed by atoms with Crippen molar-refractivity contribution in [2.24, 2.45) is 0 Å². The van der Waals surface area contributed by atoms with E-state index in [1.54, 1.807) is 19.5 Å². The van der Waals surface area contributed by atoms with Gasteiger partial charge in [0.1, 0.15) is 11.6 Å². The Morgan fingerprint density at radius 3 is 2.94 bits per heavy atom. The number of pyridine rings is 1. The molecular formula is C24H25N5O2. The van der Waals surface area contributed by atoms with Gasteiger partial charge in [0.15, 0.2) is 0 Å². The third-order valence-corrected chi connectivity index (χ3v) is 5.99. The molecule has 0 bridgehead atoms. The molecule has 0 saturated carbocycles. The predicted molar refractivity (Wildman–Crippen MR) is 120 cm³/mol. The second kappa shape index (κ2) is 8.00. The smallest absolute Gasteiger partial charge is 0.254 e. The summed E-state index contributed by atoms with van der Waals surface area (Å²) in [5, 5.41) is 1.21. The van der Waals surface area contributed by atoms with Crippen LogP contribution in [-0.4, -0.2) is 38.1 Å². The Bertz CT molecular complexity index is 1290. The van der Waals surface area contributed by atoms with Crippen LogP contribution in [0.3, 0.4) is 0 Å². The van der Waals surface area contributed by atoms with E-state index in [0.717, 1.165) is 42.2 Å². The van der Waals surface area contributed by atoms with Crippen molar-refractivity contribution in [1.82, 2.24) is 24.4 Å². The Balaban J connectivity index is 1.46. The number of aromatic nitrogens is 4. The highest BCUT2D eigenvalue weighted by Crippen LogP contribution is 2.28. The molecule has 5 rings (SSSR count). The van der Waals surface area contributed by atoms with Gasteiger partial charge in [-0.15, -0.1) is 0 Å². The fourth-order valence-corrected chi connectivity index (χ4v) is 4.37. The number of H-pyrrole nitrogens is 1. The molecule has 0 fully saturated rings. The van der Waals surface area contributed by atoms with E-state index in [2.05, 4.69) is 44.7 Å². The lowest BCUT2D eigenvalue weighted by atomic mass is 10.0. The van der Waals surface area contributed by atoms with Crippen LogP contribution in [0.5, 0.6) is 5.75 Å². The molecule has 3 aromatic heterocycles. The summed E-state index contributed by atoms with van der Waals surface area (Å²) in [6, 6.07) is 9.99. The molecular weight excluding hydrogens is 390 g/mol. The first-order valence-corrected chi connectivity index (χ1v) is 10.6. The van der Waals surface area contributed by atoms with Gasteiger partial charge in [-0.1, -0.05) is 0 Å². The fraction of sp³-hybridized carbons (Fsp3) is 0.292. The van der Waals surface area contributed by atoms with Crippen molar-refractivity contribution in [2.45, 2.75) is 33.0 Å². The van der Waals surface area contributed by atoms with Crippen molar-refractivity contribution in [2.75, 3.05) is 13.7 Å². The molecule has 0 amide bonds. The molecule has 7 heteroatoms. The standard InChI is InChI=1S/C24H25N5O2/c1-3-29-14-17(20-11-18(31-2)6-7-22(20)29)13-28-10-8-19-21(15-28)26-23(27-24(19)30)16-5-4-9-25-12-16/h4-7,9,11-12,14H,3,8,10,13,15H2,1-2H3,(H,26,27,30). The Morgan fingerprint density at radius 1 is 1.26 bits per heavy atom. The maximum atomic E-state index is 12.7. The number of aromatic amines is 1. The number of hydrogen-bond donors (Lipinski definition) is 1. The summed E-state index contributed by atoms with van der Waals surface area (Å²) >= 11 is 0. The van der Waals surface area contributed by atoms with E-state index in [1.807, 2.05) is 18.2 Å². The molecule has 158 valence electrons. The van der Waals surface area contributed by atoms with Gasteiger partial charge >= 0.3 is 0 Å². The average Bonchev–Trinajstić information content (AvgIpc) is 3.16. The van der Waals surface area contributed by atoms with E-state index in [9.17, 15) is 4.79 Å². The minimum absolute atomic E-state index is 0.0455. The molecule has 0 unspecified atom stereocenters. The van der Waals surface area contributed by atoms with Crippen molar-refractivity contribution in [1.29, 1.82) is 0 Å². The summed E-state index contributed by atoms with van der Waals surface area (Å²) < 4.78 is 7.72. The number of aryl methyl sites for hydroxylation is 1. The van der Waals surface area contributed by atoms with Crippen LogP contribution < -0.4 is 10.3 Å². The van der Waals surface area contributed by atoms with Crippen LogP contribution in [0.4, 0.5) is 0 Å². The molecule has 0 saturated heterocycles. The summed E-state index contributed by atoms with van der Waals surface area (Å²) in [6.07, 6.45) is 6.36. The monoisotopic (exact) mass is 415 g/mol. The summed E-state index contributed by atoms with van der Waals surface area (Å²) in [4.78, 5) is 26.9. The third kappa shape index (κ3) is 3.61. The highest BCUT2D eigenvalue weighted by Gasteiger charge is 2.22. The maximum Gasteiger partial charge on any atom is 0.254 e. The molecule has 0 spiro atoms. The van der Waals surface area contributed by atoms with Crippen LogP contribution in [-0.2, 0) is 26.1 Å². The molecule has 4 aromatic rings. The van der Waals surface area contributed by atoms with Gasteiger partial charge in [0.05, 0.1) is 12.8 Å². The molecule has 0 aliphatic carbocycles. The number of ether oxygens (including phenoxy) is 1. The second-order valence-electron chi connectivity index (χ2n) is 7.87. The highest BCUT2D eigenvalue weighted by atomic mass is 16.5. The summed E-state index contributed by atoms with van der Waals surface area (Å²) in [6.45, 7) is 5.34. The van der Waals surface area contributed by atoms with Crippen LogP contribution in [0.15, 0.2) is 53.7 Å². The zero-order valence-electron chi connectivity index (χ0n) is 17.8. The van der Waals surface area contributed by atoms with Gasteiger partial charge < -0.3 is 14.3 Å². The molecule has 0 radical (unpaired) electrons. The van der Waals surface area contributed by atoms with Crippen molar-refractivity contribution in [3.8, 4) is 17.1 Å². The van der Waals surface area contributed by atoms with Crippen LogP contribution in [0.2, 0.25) is 0 Å². The van der Waals surface area contributed by atoms with Crippen molar-refractivity contribution in [3.05, 3.63) is 76.1 Å². The molecule has 0 atom stereocenters. The first-order valence-electron chi connectivity index (χ1n) is 10.6. The number of nitrogens with one attached hydrogen (secondary N) is 1. The lowest BCUT2D eigenvalue weighted by Gasteiger charge is -2.27. The summed E-state index contributed by atoms with van der Waals surface area (Å²) in [5.74, 6) is 1.44. The fourth-order valence-electron chi connectivity index (χ4n) is 4.37. The molecule has 7 nitrogen and oxygen atoms in total. The van der Waals surface area contributed by atoms with Crippen LogP contribution >= 0.6 is 0 Å². The zero-order chi connectivity index (χ0) is 21.4. The number of rotatable bonds is 5. The number of nitrogens with zero attached hydrogens (tertiary/aromatic N) is 4. The SMILES string of the molecule is CCn1cc(CN2CCc3c(nc(-c4cccnc4)[nH]c3=O)C2)c2cc(OC)ccc21. The Labute approximate surface area is 180 Å². The Morgan fingerprint density at radius 2 is 2.16 bits per heavy atom. The van der Waals surface area contributed by atoms with Crippen molar-refractivity contribution in [3.63, 3.8) is 0 Å². The molecule has 1 aliphatic heterocycles. The predicted octanol–water partition coefficient (Wildman–Crippen LogP) is 3.37. The van der Waals surface area contributed by atoms with Gasteiger partial charge in [0.25, 0.3) is 5.56 Å². The Hall–Kier alpha value is -3.45. The van der Waals surface area contributed by atoms with Gasteiger partial charge in [-0.3, -0.25) is 14.7 Å². The van der Waals surface area contributed by atoms with Gasteiger partial charge in [-0.25, -0.2) is 4.98 Å². The lowest BCUT2D eigenvalue weighted by molar-refractivity contribution is 0.241. The molecule has 1 aromatic carbocycles. The molecule has 1 aliphatic rings. The quantitative estimate of drug-likeness (QED) is 0.541. The van der Waals surface area contributed by atoms with E-state index < -0.39 is 0 Å². The van der Waals surface area contributed by atoms with Gasteiger partial charge in [0.2, 0.25) is 0 Å². The minimum Gasteiger partial charge on any atom is -0.497 e.